The summed E-state index contributed by atoms with van der Waals surface area (Å²) < 4.78 is 36.4. The van der Waals surface area contributed by atoms with Crippen LogP contribution < -0.4 is 0 Å². The van der Waals surface area contributed by atoms with E-state index in [0.29, 0.717) is 32.1 Å². The van der Waals surface area contributed by atoms with E-state index >= 15 is 0 Å². The van der Waals surface area contributed by atoms with Crippen LogP contribution in [0.2, 0.25) is 0 Å². The van der Waals surface area contributed by atoms with Crippen molar-refractivity contribution in [2.45, 2.75) is 96.9 Å². The first kappa shape index (κ1) is 25.4. The van der Waals surface area contributed by atoms with Crippen molar-refractivity contribution in [1.29, 1.82) is 0 Å². The number of aliphatic hydroxyl groups is 2. The maximum Gasteiger partial charge on any atom is 0.397 e. The van der Waals surface area contributed by atoms with E-state index in [1.54, 1.807) is 0 Å². The molecule has 11 unspecified atom stereocenters. The Morgan fingerprint density at radius 1 is 1.09 bits per heavy atom. The molecule has 33 heavy (non-hydrogen) atoms. The zero-order chi connectivity index (χ0) is 24.3. The lowest BCUT2D eigenvalue weighted by Crippen LogP contribution is -2.62. The van der Waals surface area contributed by atoms with E-state index in [1.807, 2.05) is 0 Å². The third kappa shape index (κ3) is 4.37. The number of hydrogen-bond donors (Lipinski definition) is 4. The third-order valence-corrected chi connectivity index (χ3v) is 11.1. The van der Waals surface area contributed by atoms with Crippen molar-refractivity contribution in [2.24, 2.45) is 46.3 Å². The lowest BCUT2D eigenvalue weighted by atomic mass is 9.43. The van der Waals surface area contributed by atoms with Crippen LogP contribution in [0.3, 0.4) is 0 Å². The molecule has 4 rings (SSSR count). The van der Waals surface area contributed by atoms with E-state index in [4.69, 9.17) is 13.8 Å². The molecular formula is C24H40O8S. The molecule has 0 saturated heterocycles. The number of carboxylic acids is 1. The fraction of sp³-hybridized carbons (Fsp3) is 0.958. The molecule has 0 amide bonds. The minimum Gasteiger partial charge on any atom is -0.481 e. The summed E-state index contributed by atoms with van der Waals surface area (Å²) in [6.07, 6.45) is 3.91. The Balaban J connectivity index is 1.56. The van der Waals surface area contributed by atoms with Crippen LogP contribution in [0.15, 0.2) is 0 Å². The topological polar surface area (TPSA) is 141 Å². The average Bonchev–Trinajstić information content (AvgIpc) is 3.05. The average molecular weight is 489 g/mol. The molecule has 8 nitrogen and oxygen atoms in total. The van der Waals surface area contributed by atoms with Crippen molar-refractivity contribution in [3.63, 3.8) is 0 Å². The lowest BCUT2D eigenvalue weighted by Gasteiger charge is -2.63. The highest BCUT2D eigenvalue weighted by molar-refractivity contribution is 7.80. The molecule has 190 valence electrons. The van der Waals surface area contributed by atoms with Crippen LogP contribution in [0.25, 0.3) is 0 Å². The maximum atomic E-state index is 11.5. The van der Waals surface area contributed by atoms with E-state index in [9.17, 15) is 23.4 Å². The number of carbonyl (C=O) groups is 1. The second kappa shape index (κ2) is 8.73. The summed E-state index contributed by atoms with van der Waals surface area (Å²) in [5, 5.41) is 32.0. The van der Waals surface area contributed by atoms with Crippen LogP contribution in [-0.2, 0) is 19.4 Å². The molecule has 4 saturated carbocycles. The second-order valence-corrected chi connectivity index (χ2v) is 13.0. The third-order valence-electron chi connectivity index (χ3n) is 10.6. The number of fused-ring (bicyclic) bond motifs is 5. The van der Waals surface area contributed by atoms with Gasteiger partial charge < -0.3 is 15.3 Å². The van der Waals surface area contributed by atoms with Gasteiger partial charge >= 0.3 is 16.4 Å². The molecule has 0 aromatic carbocycles. The van der Waals surface area contributed by atoms with Gasteiger partial charge in [0.2, 0.25) is 0 Å². The molecule has 11 atom stereocenters. The van der Waals surface area contributed by atoms with Gasteiger partial charge in [-0.05, 0) is 97.7 Å². The number of carboxylic acid groups (broad SMARTS) is 1. The normalized spacial score (nSPS) is 48.4. The molecule has 4 aliphatic carbocycles. The van der Waals surface area contributed by atoms with Crippen molar-refractivity contribution in [3.05, 3.63) is 0 Å². The van der Waals surface area contributed by atoms with Crippen molar-refractivity contribution in [3.8, 4) is 0 Å². The molecular weight excluding hydrogens is 448 g/mol. The van der Waals surface area contributed by atoms with Crippen LogP contribution in [0.5, 0.6) is 0 Å². The Morgan fingerprint density at radius 3 is 2.42 bits per heavy atom. The summed E-state index contributed by atoms with van der Waals surface area (Å²) in [6.45, 7) is 6.48. The molecule has 4 aliphatic rings. The predicted octanol–water partition coefficient (Wildman–Crippen LogP) is 3.28. The molecule has 0 aromatic heterocycles. The summed E-state index contributed by atoms with van der Waals surface area (Å²) in [7, 11) is -4.51. The maximum absolute atomic E-state index is 11.5. The molecule has 0 aromatic rings. The van der Waals surface area contributed by atoms with Gasteiger partial charge in [-0.1, -0.05) is 20.8 Å². The van der Waals surface area contributed by atoms with Gasteiger partial charge in [0.05, 0.1) is 18.3 Å². The zero-order valence-corrected chi connectivity index (χ0v) is 20.7. The Kier molecular flexibility index (Phi) is 6.71. The highest BCUT2D eigenvalue weighted by Crippen LogP contribution is 2.68. The quantitative estimate of drug-likeness (QED) is 0.417. The largest absolute Gasteiger partial charge is 0.481 e. The molecule has 4 N–H and O–H groups in total. The van der Waals surface area contributed by atoms with Gasteiger partial charge in [-0.15, -0.1) is 0 Å². The summed E-state index contributed by atoms with van der Waals surface area (Å²) in [6, 6.07) is 0. The summed E-state index contributed by atoms with van der Waals surface area (Å²) in [5.74, 6) is 0.102. The standard InChI is InChI=1S/C24H40O8S/c1-13(4-7-21(27)28)16-5-6-17-22-18(12-20(26)24(16,17)3)23(2)9-8-15(32-33(29,30)31)10-14(23)11-19(22)25/h13-20,22,25-26H,4-12H2,1-3H3,(H,27,28)(H,29,30,31). The SMILES string of the molecule is CC(CCC(=O)O)C1CCC2C3C(O)CC4CC(OS(=O)(=O)O)CCC4(C)C3CC(O)C12C. The Morgan fingerprint density at radius 2 is 1.79 bits per heavy atom. The van der Waals surface area contributed by atoms with Crippen molar-refractivity contribution in [1.82, 2.24) is 0 Å². The summed E-state index contributed by atoms with van der Waals surface area (Å²) >= 11 is 0. The van der Waals surface area contributed by atoms with Gasteiger partial charge in [-0.2, -0.15) is 8.42 Å². The predicted molar refractivity (Wildman–Crippen MR) is 120 cm³/mol. The van der Waals surface area contributed by atoms with Crippen molar-refractivity contribution >= 4 is 16.4 Å². The van der Waals surface area contributed by atoms with Crippen LogP contribution >= 0.6 is 0 Å². The minimum absolute atomic E-state index is 0.0671. The van der Waals surface area contributed by atoms with E-state index in [-0.39, 0.29) is 52.8 Å². The van der Waals surface area contributed by atoms with Gasteiger partial charge in [0, 0.05) is 6.42 Å². The first-order chi connectivity index (χ1) is 15.3. The van der Waals surface area contributed by atoms with Crippen molar-refractivity contribution in [2.75, 3.05) is 0 Å². The van der Waals surface area contributed by atoms with Crippen LogP contribution in [0, 0.1) is 46.3 Å². The number of aliphatic carboxylic acids is 1. The molecule has 0 aliphatic heterocycles. The number of rotatable bonds is 6. The van der Waals surface area contributed by atoms with E-state index < -0.39 is 34.7 Å². The fourth-order valence-electron chi connectivity index (χ4n) is 8.93. The first-order valence-corrected chi connectivity index (χ1v) is 13.9. The van der Waals surface area contributed by atoms with Gasteiger partial charge in [0.15, 0.2) is 0 Å². The number of aliphatic hydroxyl groups excluding tert-OH is 2. The lowest BCUT2D eigenvalue weighted by molar-refractivity contribution is -0.206. The molecule has 0 spiro atoms. The summed E-state index contributed by atoms with van der Waals surface area (Å²) in [4.78, 5) is 11.1. The molecule has 0 radical (unpaired) electrons. The van der Waals surface area contributed by atoms with Crippen LogP contribution in [0.1, 0.15) is 78.6 Å². The van der Waals surface area contributed by atoms with Crippen LogP contribution in [-0.4, -0.2) is 52.6 Å². The Bertz CT molecular complexity index is 861. The van der Waals surface area contributed by atoms with Gasteiger partial charge in [-0.3, -0.25) is 9.35 Å². The van der Waals surface area contributed by atoms with E-state index in [1.165, 1.54) is 0 Å². The fourth-order valence-corrected chi connectivity index (χ4v) is 9.45. The monoisotopic (exact) mass is 488 g/mol. The Labute approximate surface area is 197 Å². The number of hydrogen-bond acceptors (Lipinski definition) is 6. The minimum atomic E-state index is -4.51. The van der Waals surface area contributed by atoms with Crippen LogP contribution in [0.4, 0.5) is 0 Å². The molecule has 0 bridgehead atoms. The van der Waals surface area contributed by atoms with Gasteiger partial charge in [-0.25, -0.2) is 4.18 Å². The molecule has 0 heterocycles. The van der Waals surface area contributed by atoms with E-state index in [0.717, 1.165) is 19.3 Å². The summed E-state index contributed by atoms with van der Waals surface area (Å²) in [5.41, 5.74) is -0.465. The second-order valence-electron chi connectivity index (χ2n) is 11.9. The van der Waals surface area contributed by atoms with Crippen molar-refractivity contribution < 1.29 is 37.3 Å². The highest BCUT2D eigenvalue weighted by Gasteiger charge is 2.65. The van der Waals surface area contributed by atoms with Gasteiger partial charge in [0.1, 0.15) is 0 Å². The smallest absolute Gasteiger partial charge is 0.397 e. The van der Waals surface area contributed by atoms with Gasteiger partial charge in [0.25, 0.3) is 0 Å². The highest BCUT2D eigenvalue weighted by atomic mass is 32.3. The Hall–Kier alpha value is -0.740. The molecule has 9 heteroatoms. The first-order valence-electron chi connectivity index (χ1n) is 12.5. The van der Waals surface area contributed by atoms with E-state index in [2.05, 4.69) is 20.8 Å². The molecule has 4 fully saturated rings. The zero-order valence-electron chi connectivity index (χ0n) is 19.9.